The van der Waals surface area contributed by atoms with E-state index in [-0.39, 0.29) is 0 Å². The van der Waals surface area contributed by atoms with Gasteiger partial charge in [0.25, 0.3) is 0 Å². The number of anilines is 1. The summed E-state index contributed by atoms with van der Waals surface area (Å²) in [4.78, 5) is 4.18. The van der Waals surface area contributed by atoms with Gasteiger partial charge < -0.3 is 5.32 Å². The van der Waals surface area contributed by atoms with Gasteiger partial charge in [-0.15, -0.1) is 0 Å². The highest BCUT2D eigenvalue weighted by Gasteiger charge is 2.21. The summed E-state index contributed by atoms with van der Waals surface area (Å²) < 4.78 is 1.95. The summed E-state index contributed by atoms with van der Waals surface area (Å²) in [6, 6.07) is 0. The number of rotatable bonds is 4. The first-order chi connectivity index (χ1) is 5.88. The number of nitrogens with one attached hydrogen (secondary N) is 2. The van der Waals surface area contributed by atoms with E-state index in [9.17, 15) is 0 Å². The van der Waals surface area contributed by atoms with E-state index < -0.39 is 0 Å². The summed E-state index contributed by atoms with van der Waals surface area (Å²) in [6.45, 7) is 4.10. The van der Waals surface area contributed by atoms with Gasteiger partial charge in [-0.3, -0.25) is 0 Å². The number of aromatic amines is 1. The molecule has 0 amide bonds. The standard InChI is InChI=1S/C8H14N4/c1-2-12-6-10-8(11-12)9-5-7-3-4-7/h6-7H,2-5H2,1H3,(H,9,11)/p+1. The van der Waals surface area contributed by atoms with Crippen LogP contribution < -0.4 is 10.00 Å². The molecule has 1 fully saturated rings. The monoisotopic (exact) mass is 167 g/mol. The Balaban J connectivity index is 1.84. The molecule has 1 aliphatic carbocycles. The zero-order valence-corrected chi connectivity index (χ0v) is 7.38. The van der Waals surface area contributed by atoms with E-state index in [1.54, 1.807) is 0 Å². The lowest BCUT2D eigenvalue weighted by molar-refractivity contribution is -0.747. The van der Waals surface area contributed by atoms with Gasteiger partial charge in [-0.2, -0.15) is 9.78 Å². The minimum Gasteiger partial charge on any atom is -0.332 e. The summed E-state index contributed by atoms with van der Waals surface area (Å²) in [7, 11) is 0. The van der Waals surface area contributed by atoms with Crippen molar-refractivity contribution >= 4 is 5.95 Å². The van der Waals surface area contributed by atoms with Gasteiger partial charge in [0.2, 0.25) is 0 Å². The van der Waals surface area contributed by atoms with Crippen molar-refractivity contribution in [2.75, 3.05) is 11.9 Å². The van der Waals surface area contributed by atoms with Crippen molar-refractivity contribution in [3.05, 3.63) is 6.33 Å². The Hall–Kier alpha value is -1.06. The number of H-pyrrole nitrogens is 1. The van der Waals surface area contributed by atoms with Crippen LogP contribution in [0.25, 0.3) is 0 Å². The van der Waals surface area contributed by atoms with Crippen LogP contribution in [0.5, 0.6) is 0 Å². The zero-order chi connectivity index (χ0) is 8.39. The van der Waals surface area contributed by atoms with E-state index >= 15 is 0 Å². The highest BCUT2D eigenvalue weighted by Crippen LogP contribution is 2.28. The van der Waals surface area contributed by atoms with Crippen LogP contribution in [0.4, 0.5) is 5.95 Å². The average Bonchev–Trinajstić information content (AvgIpc) is 2.81. The molecule has 0 unspecified atom stereocenters. The predicted octanol–water partition coefficient (Wildman–Crippen LogP) is 0.539. The molecule has 0 radical (unpaired) electrons. The normalized spacial score (nSPS) is 16.4. The van der Waals surface area contributed by atoms with Gasteiger partial charge in [0, 0.05) is 6.54 Å². The number of hydrogen-bond acceptors (Lipinski definition) is 2. The van der Waals surface area contributed by atoms with Gasteiger partial charge in [0.05, 0.1) is 0 Å². The molecule has 2 rings (SSSR count). The minimum absolute atomic E-state index is 0.892. The molecule has 1 aromatic rings. The first-order valence-corrected chi connectivity index (χ1v) is 4.57. The molecule has 4 heteroatoms. The van der Waals surface area contributed by atoms with Gasteiger partial charge in [0.15, 0.2) is 0 Å². The molecule has 66 valence electrons. The van der Waals surface area contributed by atoms with Crippen LogP contribution >= 0.6 is 0 Å². The lowest BCUT2D eigenvalue weighted by Crippen LogP contribution is -2.33. The molecular formula is C8H15N4+. The van der Waals surface area contributed by atoms with Crippen molar-refractivity contribution in [2.24, 2.45) is 5.92 Å². The quantitative estimate of drug-likeness (QED) is 0.643. The Morgan fingerprint density at radius 1 is 1.75 bits per heavy atom. The second-order valence-corrected chi connectivity index (χ2v) is 3.32. The SMILES string of the molecule is CC[n+]1cnc(NCC2CC2)[nH]1. The van der Waals surface area contributed by atoms with Gasteiger partial charge in [0.1, 0.15) is 6.54 Å². The number of aromatic nitrogens is 3. The molecule has 0 aliphatic heterocycles. The van der Waals surface area contributed by atoms with Gasteiger partial charge in [-0.25, -0.2) is 0 Å². The van der Waals surface area contributed by atoms with Gasteiger partial charge in [-0.05, 0) is 30.7 Å². The van der Waals surface area contributed by atoms with Crippen LogP contribution in [-0.2, 0) is 6.54 Å². The zero-order valence-electron chi connectivity index (χ0n) is 7.38. The lowest BCUT2D eigenvalue weighted by atomic mass is 10.4. The fourth-order valence-electron chi connectivity index (χ4n) is 1.13. The Kier molecular flexibility index (Phi) is 1.98. The van der Waals surface area contributed by atoms with E-state index in [4.69, 9.17) is 0 Å². The fourth-order valence-corrected chi connectivity index (χ4v) is 1.13. The second-order valence-electron chi connectivity index (χ2n) is 3.32. The fraction of sp³-hybridized carbons (Fsp3) is 0.750. The summed E-state index contributed by atoms with van der Waals surface area (Å²) in [5, 5.41) is 6.41. The van der Waals surface area contributed by atoms with Crippen LogP contribution in [0, 0.1) is 5.92 Å². The third-order valence-corrected chi connectivity index (χ3v) is 2.17. The Bertz CT molecular complexity index is 251. The van der Waals surface area contributed by atoms with Crippen molar-refractivity contribution in [3.8, 4) is 0 Å². The molecular weight excluding hydrogens is 152 g/mol. The minimum atomic E-state index is 0.892. The predicted molar refractivity (Wildman–Crippen MR) is 45.7 cm³/mol. The van der Waals surface area contributed by atoms with E-state index in [0.29, 0.717) is 0 Å². The average molecular weight is 167 g/mol. The molecule has 1 heterocycles. The lowest BCUT2D eigenvalue weighted by Gasteiger charge is -1.94. The van der Waals surface area contributed by atoms with Crippen LogP contribution in [0.2, 0.25) is 0 Å². The molecule has 1 aromatic heterocycles. The highest BCUT2D eigenvalue weighted by molar-refractivity contribution is 5.19. The van der Waals surface area contributed by atoms with E-state index in [0.717, 1.165) is 25.0 Å². The molecule has 0 atom stereocenters. The molecule has 12 heavy (non-hydrogen) atoms. The van der Waals surface area contributed by atoms with Crippen molar-refractivity contribution in [1.82, 2.24) is 10.1 Å². The first-order valence-electron chi connectivity index (χ1n) is 4.57. The van der Waals surface area contributed by atoms with Crippen molar-refractivity contribution < 1.29 is 4.68 Å². The molecule has 1 saturated carbocycles. The molecule has 0 aromatic carbocycles. The van der Waals surface area contributed by atoms with Crippen molar-refractivity contribution in [2.45, 2.75) is 26.3 Å². The second kappa shape index (κ2) is 3.13. The van der Waals surface area contributed by atoms with Crippen LogP contribution in [0.1, 0.15) is 19.8 Å². The van der Waals surface area contributed by atoms with Crippen LogP contribution in [0.15, 0.2) is 6.33 Å². The molecule has 0 bridgehead atoms. The maximum Gasteiger partial charge on any atom is 0.347 e. The Morgan fingerprint density at radius 3 is 3.17 bits per heavy atom. The van der Waals surface area contributed by atoms with E-state index in [1.807, 2.05) is 11.0 Å². The third kappa shape index (κ3) is 1.75. The molecule has 0 spiro atoms. The molecule has 2 N–H and O–H groups in total. The van der Waals surface area contributed by atoms with Gasteiger partial charge >= 0.3 is 12.3 Å². The maximum atomic E-state index is 4.18. The van der Waals surface area contributed by atoms with Crippen molar-refractivity contribution in [1.29, 1.82) is 0 Å². The summed E-state index contributed by atoms with van der Waals surface area (Å²) >= 11 is 0. The Morgan fingerprint density at radius 2 is 2.58 bits per heavy atom. The number of hydrogen-bond donors (Lipinski definition) is 2. The van der Waals surface area contributed by atoms with Crippen LogP contribution in [0.3, 0.4) is 0 Å². The molecule has 4 nitrogen and oxygen atoms in total. The molecule has 1 aliphatic rings. The maximum absolute atomic E-state index is 4.18. The number of nitrogens with zero attached hydrogens (tertiary/aromatic N) is 2. The van der Waals surface area contributed by atoms with Crippen molar-refractivity contribution in [3.63, 3.8) is 0 Å². The van der Waals surface area contributed by atoms with E-state index in [2.05, 4.69) is 22.3 Å². The highest BCUT2D eigenvalue weighted by atomic mass is 15.4. The summed E-state index contributed by atoms with van der Waals surface area (Å²) in [5.41, 5.74) is 0. The largest absolute Gasteiger partial charge is 0.347 e. The molecule has 0 saturated heterocycles. The Labute approximate surface area is 72.0 Å². The summed E-state index contributed by atoms with van der Waals surface area (Å²) in [6.07, 6.45) is 4.57. The van der Waals surface area contributed by atoms with E-state index in [1.165, 1.54) is 12.8 Å². The third-order valence-electron chi connectivity index (χ3n) is 2.17. The van der Waals surface area contributed by atoms with Crippen LogP contribution in [-0.4, -0.2) is 16.6 Å². The van der Waals surface area contributed by atoms with Gasteiger partial charge in [-0.1, -0.05) is 0 Å². The topological polar surface area (TPSA) is 44.6 Å². The summed E-state index contributed by atoms with van der Waals surface area (Å²) in [5.74, 6) is 1.79. The number of aryl methyl sites for hydroxylation is 1. The smallest absolute Gasteiger partial charge is 0.332 e. The first kappa shape index (κ1) is 7.58.